The molecule has 5 nitrogen and oxygen atoms in total. The number of aliphatic hydroxyl groups excluding tert-OH is 1. The van der Waals surface area contributed by atoms with Gasteiger partial charge in [0.15, 0.2) is 11.5 Å². The van der Waals surface area contributed by atoms with Crippen LogP contribution in [-0.2, 0) is 0 Å². The average Bonchev–Trinajstić information content (AvgIpc) is 2.55. The number of ether oxygens (including phenoxy) is 1. The van der Waals surface area contributed by atoms with Gasteiger partial charge in [0, 0.05) is 16.3 Å². The Labute approximate surface area is 155 Å². The highest BCUT2D eigenvalue weighted by atomic mass is 79.9. The molecule has 0 heterocycles. The maximum atomic E-state index is 12.3. The van der Waals surface area contributed by atoms with Gasteiger partial charge >= 0.3 is 5.97 Å². The molecule has 2 rings (SSSR count). The van der Waals surface area contributed by atoms with Crippen molar-refractivity contribution in [3.63, 3.8) is 0 Å². The van der Waals surface area contributed by atoms with Gasteiger partial charge in [-0.2, -0.15) is 0 Å². The molecule has 0 bridgehead atoms. The molecule has 0 aliphatic rings. The van der Waals surface area contributed by atoms with Crippen molar-refractivity contribution >= 4 is 28.1 Å². The van der Waals surface area contributed by atoms with Gasteiger partial charge in [-0.25, -0.2) is 4.79 Å². The van der Waals surface area contributed by atoms with Crippen LogP contribution in [0.4, 0.5) is 0 Å². The van der Waals surface area contributed by atoms with E-state index in [1.807, 2.05) is 26.8 Å². The number of nitrogens with zero attached hydrogens (tertiary/aromatic N) is 1. The van der Waals surface area contributed by atoms with E-state index in [-0.39, 0.29) is 17.4 Å². The number of carbonyl (C=O) groups excluding carboxylic acids is 1. The van der Waals surface area contributed by atoms with Crippen molar-refractivity contribution in [3.05, 3.63) is 57.6 Å². The van der Waals surface area contributed by atoms with E-state index < -0.39 is 12.2 Å². The number of aliphatic imine (C=N–C) groups is 1. The van der Waals surface area contributed by atoms with Crippen LogP contribution in [0.1, 0.15) is 35.3 Å². The summed E-state index contributed by atoms with van der Waals surface area (Å²) in [5.41, 5.74) is 1.66. The van der Waals surface area contributed by atoms with Crippen LogP contribution in [0.15, 0.2) is 45.9 Å². The Hall–Kier alpha value is -2.18. The molecule has 2 N–H and O–H groups in total. The van der Waals surface area contributed by atoms with Crippen LogP contribution in [0, 0.1) is 12.8 Å². The highest BCUT2D eigenvalue weighted by Crippen LogP contribution is 2.33. The van der Waals surface area contributed by atoms with E-state index in [0.29, 0.717) is 15.6 Å². The van der Waals surface area contributed by atoms with E-state index in [0.717, 1.165) is 5.56 Å². The summed E-state index contributed by atoms with van der Waals surface area (Å²) in [4.78, 5) is 16.3. The van der Waals surface area contributed by atoms with Crippen LogP contribution in [0.25, 0.3) is 0 Å². The molecule has 6 heteroatoms. The largest absolute Gasteiger partial charge is 0.504 e. The van der Waals surface area contributed by atoms with Crippen LogP contribution in [-0.4, -0.2) is 28.6 Å². The monoisotopic (exact) mass is 405 g/mol. The minimum Gasteiger partial charge on any atom is -0.504 e. The van der Waals surface area contributed by atoms with Gasteiger partial charge in [0.1, 0.15) is 6.23 Å². The van der Waals surface area contributed by atoms with Crippen molar-refractivity contribution in [1.29, 1.82) is 0 Å². The second kappa shape index (κ2) is 8.27. The Bertz CT molecular complexity index is 802. The normalized spacial score (nSPS) is 12.6. The van der Waals surface area contributed by atoms with Crippen molar-refractivity contribution in [2.75, 3.05) is 0 Å². The van der Waals surface area contributed by atoms with Crippen molar-refractivity contribution in [1.82, 2.24) is 0 Å². The summed E-state index contributed by atoms with van der Waals surface area (Å²) < 4.78 is 5.93. The summed E-state index contributed by atoms with van der Waals surface area (Å²) >= 11 is 3.31. The highest BCUT2D eigenvalue weighted by Gasteiger charge is 2.15. The minimum absolute atomic E-state index is 0.0152. The molecule has 0 aliphatic carbocycles. The number of aliphatic hydroxyl groups is 1. The number of esters is 1. The third-order valence-electron chi connectivity index (χ3n) is 3.49. The number of hydrogen-bond donors (Lipinski definition) is 2. The van der Waals surface area contributed by atoms with Gasteiger partial charge in [0.2, 0.25) is 0 Å². The SMILES string of the molecule is Cc1cccc(C(=O)Oc2cc(Br)cc(/C=N/C(O)C(C)C)c2O)c1. The number of phenolic OH excluding ortho intramolecular Hbond substituents is 1. The molecule has 0 saturated carbocycles. The molecule has 0 aromatic heterocycles. The maximum Gasteiger partial charge on any atom is 0.343 e. The molecule has 1 unspecified atom stereocenters. The molecule has 132 valence electrons. The summed E-state index contributed by atoms with van der Waals surface area (Å²) in [6, 6.07) is 10.1. The number of aromatic hydroxyl groups is 1. The average molecular weight is 406 g/mol. The Balaban J connectivity index is 2.28. The summed E-state index contributed by atoms with van der Waals surface area (Å²) in [7, 11) is 0. The number of carbonyl (C=O) groups is 1. The lowest BCUT2D eigenvalue weighted by Gasteiger charge is -2.11. The summed E-state index contributed by atoms with van der Waals surface area (Å²) in [6.07, 6.45) is 0.478. The smallest absolute Gasteiger partial charge is 0.343 e. The van der Waals surface area contributed by atoms with E-state index in [2.05, 4.69) is 20.9 Å². The van der Waals surface area contributed by atoms with Gasteiger partial charge < -0.3 is 14.9 Å². The van der Waals surface area contributed by atoms with E-state index in [1.165, 1.54) is 12.3 Å². The van der Waals surface area contributed by atoms with Gasteiger partial charge in [-0.3, -0.25) is 4.99 Å². The van der Waals surface area contributed by atoms with Gasteiger partial charge in [0.25, 0.3) is 0 Å². The topological polar surface area (TPSA) is 79.1 Å². The number of halogens is 1. The number of benzene rings is 2. The first-order valence-corrected chi connectivity index (χ1v) is 8.60. The Morgan fingerprint density at radius 3 is 2.64 bits per heavy atom. The van der Waals surface area contributed by atoms with Gasteiger partial charge in [-0.1, -0.05) is 47.5 Å². The number of hydrogen-bond acceptors (Lipinski definition) is 5. The standard InChI is InChI=1S/C19H20BrNO4/c1-11(2)18(23)21-10-14-8-15(20)9-16(17(14)22)25-19(24)13-6-4-5-12(3)7-13/h4-11,18,22-23H,1-3H3/b21-10+. The second-order valence-electron chi connectivity index (χ2n) is 6.04. The van der Waals surface area contributed by atoms with Crippen LogP contribution in [0.5, 0.6) is 11.5 Å². The predicted molar refractivity (Wildman–Crippen MR) is 100 cm³/mol. The maximum absolute atomic E-state index is 12.3. The summed E-state index contributed by atoms with van der Waals surface area (Å²) in [5, 5.41) is 20.1. The van der Waals surface area contributed by atoms with E-state index in [9.17, 15) is 15.0 Å². The molecule has 0 fully saturated rings. The van der Waals surface area contributed by atoms with E-state index in [1.54, 1.807) is 24.3 Å². The molecule has 0 spiro atoms. The number of aryl methyl sites for hydroxylation is 1. The van der Waals surface area contributed by atoms with Crippen LogP contribution < -0.4 is 4.74 Å². The second-order valence-corrected chi connectivity index (χ2v) is 6.95. The van der Waals surface area contributed by atoms with Crippen LogP contribution >= 0.6 is 15.9 Å². The fraction of sp³-hybridized carbons (Fsp3) is 0.263. The first-order chi connectivity index (χ1) is 11.8. The molecule has 0 aliphatic heterocycles. The number of rotatable bonds is 5. The molecular weight excluding hydrogens is 386 g/mol. The Morgan fingerprint density at radius 2 is 2.00 bits per heavy atom. The zero-order valence-corrected chi connectivity index (χ0v) is 15.8. The van der Waals surface area contributed by atoms with E-state index >= 15 is 0 Å². The molecule has 0 saturated heterocycles. The third-order valence-corrected chi connectivity index (χ3v) is 3.95. The number of phenols is 1. The van der Waals surface area contributed by atoms with Crippen molar-refractivity contribution in [3.8, 4) is 11.5 Å². The van der Waals surface area contributed by atoms with Crippen molar-refractivity contribution in [2.24, 2.45) is 10.9 Å². The molecule has 25 heavy (non-hydrogen) atoms. The highest BCUT2D eigenvalue weighted by molar-refractivity contribution is 9.10. The quantitative estimate of drug-likeness (QED) is 0.446. The van der Waals surface area contributed by atoms with Crippen molar-refractivity contribution in [2.45, 2.75) is 27.0 Å². The zero-order chi connectivity index (χ0) is 18.6. The zero-order valence-electron chi connectivity index (χ0n) is 14.2. The van der Waals surface area contributed by atoms with Crippen LogP contribution in [0.2, 0.25) is 0 Å². The van der Waals surface area contributed by atoms with Gasteiger partial charge in [-0.05, 0) is 37.1 Å². The fourth-order valence-electron chi connectivity index (χ4n) is 2.03. The molecular formula is C19H20BrNO4. The molecule has 2 aromatic carbocycles. The summed E-state index contributed by atoms with van der Waals surface area (Å²) in [6.45, 7) is 5.54. The predicted octanol–water partition coefficient (Wildman–Crippen LogP) is 4.08. The van der Waals surface area contributed by atoms with Crippen molar-refractivity contribution < 1.29 is 19.7 Å². The lowest BCUT2D eigenvalue weighted by molar-refractivity contribution is 0.0729. The molecule has 2 aromatic rings. The lowest BCUT2D eigenvalue weighted by Crippen LogP contribution is -2.11. The lowest BCUT2D eigenvalue weighted by atomic mass is 10.1. The first-order valence-electron chi connectivity index (χ1n) is 7.80. The molecule has 0 amide bonds. The van der Waals surface area contributed by atoms with Gasteiger partial charge in [0.05, 0.1) is 5.56 Å². The Morgan fingerprint density at radius 1 is 1.28 bits per heavy atom. The van der Waals surface area contributed by atoms with Crippen LogP contribution in [0.3, 0.4) is 0 Å². The van der Waals surface area contributed by atoms with Gasteiger partial charge in [-0.15, -0.1) is 0 Å². The first kappa shape index (κ1) is 19.1. The Kier molecular flexibility index (Phi) is 6.33. The molecule has 0 radical (unpaired) electrons. The fourth-order valence-corrected chi connectivity index (χ4v) is 2.48. The van der Waals surface area contributed by atoms with E-state index in [4.69, 9.17) is 4.74 Å². The summed E-state index contributed by atoms with van der Waals surface area (Å²) in [5.74, 6) is -0.823. The minimum atomic E-state index is -0.878. The third kappa shape index (κ3) is 5.14. The molecule has 1 atom stereocenters.